The molecule has 0 bridgehead atoms. The Morgan fingerprint density at radius 2 is 2.13 bits per heavy atom. The number of benzene rings is 1. The number of rotatable bonds is 3. The van der Waals surface area contributed by atoms with Gasteiger partial charge in [0, 0.05) is 17.3 Å². The number of aryl methyl sites for hydroxylation is 1. The molecule has 15 heavy (non-hydrogen) atoms. The molecule has 3 rings (SSSR count). The number of fused-ring (bicyclic) bond motifs is 1. The van der Waals surface area contributed by atoms with Gasteiger partial charge in [-0.1, -0.05) is 17.3 Å². The number of hydrogen-bond acceptors (Lipinski definition) is 3. The van der Waals surface area contributed by atoms with E-state index in [1.807, 2.05) is 18.2 Å². The maximum absolute atomic E-state index is 6.05. The topological polar surface area (TPSA) is 52.0 Å². The van der Waals surface area contributed by atoms with Crippen LogP contribution in [0.25, 0.3) is 10.9 Å². The smallest absolute Gasteiger partial charge is 0.144 e. The van der Waals surface area contributed by atoms with Gasteiger partial charge in [-0.15, -0.1) is 0 Å². The van der Waals surface area contributed by atoms with Crippen LogP contribution in [0.2, 0.25) is 0 Å². The van der Waals surface area contributed by atoms with Gasteiger partial charge >= 0.3 is 0 Å². The third kappa shape index (κ3) is 1.63. The van der Waals surface area contributed by atoms with Gasteiger partial charge in [-0.3, -0.25) is 0 Å². The third-order valence-corrected chi connectivity index (χ3v) is 3.20. The minimum Gasteiger partial charge on any atom is -0.360 e. The molecule has 2 N–H and O–H groups in total. The maximum Gasteiger partial charge on any atom is 0.144 e. The molecule has 0 atom stereocenters. The van der Waals surface area contributed by atoms with Crippen molar-refractivity contribution in [2.45, 2.75) is 31.2 Å². The fourth-order valence-electron chi connectivity index (χ4n) is 1.90. The Balaban J connectivity index is 1.84. The Bertz CT molecular complexity index is 485. The highest BCUT2D eigenvalue weighted by molar-refractivity contribution is 5.80. The van der Waals surface area contributed by atoms with Gasteiger partial charge < -0.3 is 10.3 Å². The Labute approximate surface area is 88.2 Å². The second-order valence-electron chi connectivity index (χ2n) is 4.49. The first-order valence-corrected chi connectivity index (χ1v) is 5.39. The van der Waals surface area contributed by atoms with E-state index in [-0.39, 0.29) is 5.54 Å². The van der Waals surface area contributed by atoms with Crippen molar-refractivity contribution in [1.82, 2.24) is 5.16 Å². The van der Waals surface area contributed by atoms with Crippen LogP contribution in [0, 0.1) is 0 Å². The highest BCUT2D eigenvalue weighted by Crippen LogP contribution is 2.37. The third-order valence-electron chi connectivity index (χ3n) is 3.20. The van der Waals surface area contributed by atoms with Crippen LogP contribution < -0.4 is 5.73 Å². The minimum absolute atomic E-state index is 0.0912. The molecular weight excluding hydrogens is 188 g/mol. The molecule has 1 aromatic heterocycles. The van der Waals surface area contributed by atoms with E-state index >= 15 is 0 Å². The van der Waals surface area contributed by atoms with Crippen LogP contribution in [0.15, 0.2) is 28.8 Å². The largest absolute Gasteiger partial charge is 0.360 e. The number of hydrogen-bond donors (Lipinski definition) is 1. The van der Waals surface area contributed by atoms with Gasteiger partial charge in [0.05, 0.1) is 0 Å². The molecule has 0 saturated heterocycles. The molecule has 0 amide bonds. The van der Waals surface area contributed by atoms with Crippen molar-refractivity contribution in [2.75, 3.05) is 0 Å². The van der Waals surface area contributed by atoms with Gasteiger partial charge in [0.1, 0.15) is 11.3 Å². The van der Waals surface area contributed by atoms with E-state index in [2.05, 4.69) is 11.2 Å². The quantitative estimate of drug-likeness (QED) is 0.830. The SMILES string of the molecule is NC1(CCc2onc3ccccc23)CC1. The van der Waals surface area contributed by atoms with Crippen molar-refractivity contribution < 1.29 is 4.52 Å². The summed E-state index contributed by atoms with van der Waals surface area (Å²) in [5.41, 5.74) is 7.08. The lowest BCUT2D eigenvalue weighted by Gasteiger charge is -2.05. The first-order chi connectivity index (χ1) is 7.27. The van der Waals surface area contributed by atoms with Crippen molar-refractivity contribution in [3.8, 4) is 0 Å². The average Bonchev–Trinajstić information content (AvgIpc) is 2.86. The molecule has 1 aliphatic carbocycles. The Morgan fingerprint density at radius 3 is 2.93 bits per heavy atom. The van der Waals surface area contributed by atoms with E-state index in [1.165, 1.54) is 0 Å². The van der Waals surface area contributed by atoms with Gasteiger partial charge in [0.2, 0.25) is 0 Å². The van der Waals surface area contributed by atoms with Crippen LogP contribution in [0.1, 0.15) is 25.0 Å². The molecule has 0 aliphatic heterocycles. The van der Waals surface area contributed by atoms with Gasteiger partial charge in [-0.05, 0) is 31.4 Å². The van der Waals surface area contributed by atoms with Crippen molar-refractivity contribution in [1.29, 1.82) is 0 Å². The Morgan fingerprint density at radius 1 is 1.33 bits per heavy atom. The molecule has 1 aromatic carbocycles. The molecular formula is C12H14N2O. The van der Waals surface area contributed by atoms with Crippen molar-refractivity contribution in [3.05, 3.63) is 30.0 Å². The van der Waals surface area contributed by atoms with Crippen LogP contribution in [-0.2, 0) is 6.42 Å². The van der Waals surface area contributed by atoms with Gasteiger partial charge in [0.15, 0.2) is 0 Å². The fraction of sp³-hybridized carbons (Fsp3) is 0.417. The predicted molar refractivity (Wildman–Crippen MR) is 58.5 cm³/mol. The average molecular weight is 202 g/mol. The Kier molecular flexibility index (Phi) is 1.83. The second kappa shape index (κ2) is 3.07. The molecule has 1 heterocycles. The predicted octanol–water partition coefficient (Wildman–Crippen LogP) is 2.25. The monoisotopic (exact) mass is 202 g/mol. The first-order valence-electron chi connectivity index (χ1n) is 5.39. The summed E-state index contributed by atoms with van der Waals surface area (Å²) in [6.07, 6.45) is 4.21. The van der Waals surface area contributed by atoms with Gasteiger partial charge in [-0.2, -0.15) is 0 Å². The summed E-state index contributed by atoms with van der Waals surface area (Å²) in [6, 6.07) is 8.01. The van der Waals surface area contributed by atoms with E-state index in [9.17, 15) is 0 Å². The summed E-state index contributed by atoms with van der Waals surface area (Å²) in [6.45, 7) is 0. The molecule has 0 unspecified atom stereocenters. The molecule has 1 saturated carbocycles. The first kappa shape index (κ1) is 8.92. The fourth-order valence-corrected chi connectivity index (χ4v) is 1.90. The number of nitrogens with zero attached hydrogens (tertiary/aromatic N) is 1. The molecule has 0 spiro atoms. The van der Waals surface area contributed by atoms with Crippen LogP contribution in [0.4, 0.5) is 0 Å². The summed E-state index contributed by atoms with van der Waals surface area (Å²) in [4.78, 5) is 0. The van der Waals surface area contributed by atoms with Crippen LogP contribution in [0.3, 0.4) is 0 Å². The zero-order valence-corrected chi connectivity index (χ0v) is 8.57. The van der Waals surface area contributed by atoms with Crippen LogP contribution in [0.5, 0.6) is 0 Å². The minimum atomic E-state index is 0.0912. The highest BCUT2D eigenvalue weighted by atomic mass is 16.5. The van der Waals surface area contributed by atoms with E-state index in [0.717, 1.165) is 42.3 Å². The Hall–Kier alpha value is -1.35. The van der Waals surface area contributed by atoms with Crippen molar-refractivity contribution >= 4 is 10.9 Å². The molecule has 3 heteroatoms. The molecule has 3 nitrogen and oxygen atoms in total. The van der Waals surface area contributed by atoms with Gasteiger partial charge in [-0.25, -0.2) is 0 Å². The number of nitrogens with two attached hydrogens (primary N) is 1. The molecule has 1 fully saturated rings. The lowest BCUT2D eigenvalue weighted by molar-refractivity contribution is 0.382. The summed E-state index contributed by atoms with van der Waals surface area (Å²) in [5.74, 6) is 0.974. The van der Waals surface area contributed by atoms with Gasteiger partial charge in [0.25, 0.3) is 0 Å². The standard InChI is InChI=1S/C12H14N2O/c13-12(7-8-12)6-5-11-9-3-1-2-4-10(9)14-15-11/h1-4H,5-8,13H2. The van der Waals surface area contributed by atoms with Crippen LogP contribution >= 0.6 is 0 Å². The van der Waals surface area contributed by atoms with Crippen LogP contribution in [-0.4, -0.2) is 10.7 Å². The maximum atomic E-state index is 6.05. The molecule has 78 valence electrons. The summed E-state index contributed by atoms with van der Waals surface area (Å²) < 4.78 is 5.33. The lowest BCUT2D eigenvalue weighted by atomic mass is 10.1. The molecule has 1 aliphatic rings. The molecule has 2 aromatic rings. The summed E-state index contributed by atoms with van der Waals surface area (Å²) in [5, 5.41) is 5.15. The molecule has 0 radical (unpaired) electrons. The highest BCUT2D eigenvalue weighted by Gasteiger charge is 2.37. The van der Waals surface area contributed by atoms with E-state index < -0.39 is 0 Å². The lowest BCUT2D eigenvalue weighted by Crippen LogP contribution is -2.21. The number of aromatic nitrogens is 1. The van der Waals surface area contributed by atoms with E-state index in [1.54, 1.807) is 0 Å². The summed E-state index contributed by atoms with van der Waals surface area (Å²) >= 11 is 0. The zero-order valence-electron chi connectivity index (χ0n) is 8.57. The van der Waals surface area contributed by atoms with E-state index in [4.69, 9.17) is 10.3 Å². The second-order valence-corrected chi connectivity index (χ2v) is 4.49. The normalized spacial score (nSPS) is 18.2. The summed E-state index contributed by atoms with van der Waals surface area (Å²) in [7, 11) is 0. The van der Waals surface area contributed by atoms with Crippen molar-refractivity contribution in [3.63, 3.8) is 0 Å². The van der Waals surface area contributed by atoms with Crippen molar-refractivity contribution in [2.24, 2.45) is 5.73 Å². The van der Waals surface area contributed by atoms with E-state index in [0.29, 0.717) is 0 Å². The zero-order chi connectivity index (χ0) is 10.3.